The number of fused-ring (bicyclic) bond motifs is 2. The van der Waals surface area contributed by atoms with Gasteiger partial charge < -0.3 is 9.15 Å². The largest absolute Gasteiger partial charge is 0.492 e. The lowest BCUT2D eigenvalue weighted by atomic mass is 10.1. The fourth-order valence-electron chi connectivity index (χ4n) is 2.28. The molecule has 2 aromatic carbocycles. The van der Waals surface area contributed by atoms with E-state index in [1.54, 1.807) is 30.3 Å². The Kier molecular flexibility index (Phi) is 5.02. The first-order chi connectivity index (χ1) is 11.5. The molecule has 0 aliphatic carbocycles. The number of carbonyl (C=O) groups is 1. The summed E-state index contributed by atoms with van der Waals surface area (Å²) in [5.74, 6) is 0.913. The number of Topliss-reactive ketones (excluding diaryl/α,β-unsaturated/α-hetero) is 1. The van der Waals surface area contributed by atoms with Crippen molar-refractivity contribution in [2.24, 2.45) is 0 Å². The van der Waals surface area contributed by atoms with E-state index in [4.69, 9.17) is 20.8 Å². The summed E-state index contributed by atoms with van der Waals surface area (Å²) < 4.78 is 10.7. The Morgan fingerprint density at radius 2 is 1.83 bits per heavy atom. The van der Waals surface area contributed by atoms with Crippen molar-refractivity contribution in [3.63, 3.8) is 0 Å². The minimum Gasteiger partial charge on any atom is -0.492 e. The molecule has 2 heterocycles. The smallest absolute Gasteiger partial charge is 0.350 e. The monoisotopic (exact) mass is 406 g/mol. The van der Waals surface area contributed by atoms with Crippen molar-refractivity contribution < 1.29 is 13.9 Å². The molecule has 1 aliphatic heterocycles. The second kappa shape index (κ2) is 7.20. The van der Waals surface area contributed by atoms with Crippen LogP contribution in [0.4, 0.5) is 0 Å². The molecule has 4 nitrogen and oxygen atoms in total. The molecule has 24 heavy (non-hydrogen) atoms. The van der Waals surface area contributed by atoms with Crippen LogP contribution in [0.1, 0.15) is 16.8 Å². The van der Waals surface area contributed by atoms with Crippen molar-refractivity contribution in [1.29, 1.82) is 0 Å². The first-order valence-electron chi connectivity index (χ1n) is 7.18. The van der Waals surface area contributed by atoms with Crippen LogP contribution in [0.3, 0.4) is 0 Å². The number of ether oxygens (including phenoxy) is 1. The fraction of sp³-hybridized carbons (Fsp3) is 0.111. The van der Waals surface area contributed by atoms with Gasteiger partial charge in [-0.1, -0.05) is 23.7 Å². The summed E-state index contributed by atoms with van der Waals surface area (Å²) in [7, 11) is 0. The van der Waals surface area contributed by atoms with Crippen molar-refractivity contribution in [2.75, 3.05) is 6.61 Å². The molecule has 0 fully saturated rings. The van der Waals surface area contributed by atoms with Gasteiger partial charge in [-0.3, -0.25) is 4.79 Å². The van der Waals surface area contributed by atoms with Gasteiger partial charge in [0.2, 0.25) is 0 Å². The Morgan fingerprint density at radius 1 is 1.04 bits per heavy atom. The summed E-state index contributed by atoms with van der Waals surface area (Å²) in [5.41, 5.74) is 0.881. The van der Waals surface area contributed by atoms with E-state index in [1.165, 1.54) is 0 Å². The molecule has 6 heteroatoms. The molecule has 122 valence electrons. The van der Waals surface area contributed by atoms with Gasteiger partial charge in [-0.25, -0.2) is 4.79 Å². The third-order valence-corrected chi connectivity index (χ3v) is 4.21. The zero-order chi connectivity index (χ0) is 17.1. The van der Waals surface area contributed by atoms with Crippen LogP contribution in [-0.4, -0.2) is 12.4 Å². The average molecular weight is 408 g/mol. The zero-order valence-electron chi connectivity index (χ0n) is 12.4. The molecule has 1 aromatic heterocycles. The van der Waals surface area contributed by atoms with E-state index in [1.807, 2.05) is 18.2 Å². The standard InChI is InChI=1S/C9H4BrClO2.C9H8O2/c10-7-4-5-3-6(11)1-2-8(5)13-9(7)12;10-8-5-6-11-9-4-2-1-3-7(8)9/h1-4H;1-4H,5-6H2. The highest BCUT2D eigenvalue weighted by atomic mass is 79.9. The first-order valence-corrected chi connectivity index (χ1v) is 8.35. The Labute approximate surface area is 151 Å². The van der Waals surface area contributed by atoms with Crippen LogP contribution in [0.5, 0.6) is 5.75 Å². The molecule has 0 saturated carbocycles. The van der Waals surface area contributed by atoms with Gasteiger partial charge in [0.25, 0.3) is 0 Å². The van der Waals surface area contributed by atoms with E-state index >= 15 is 0 Å². The van der Waals surface area contributed by atoms with Gasteiger partial charge in [-0.05, 0) is 52.3 Å². The van der Waals surface area contributed by atoms with Crippen LogP contribution in [0.25, 0.3) is 11.0 Å². The Hall–Kier alpha value is -2.11. The number of halogens is 2. The number of para-hydroxylation sites is 1. The summed E-state index contributed by atoms with van der Waals surface area (Å²) >= 11 is 8.87. The highest BCUT2D eigenvalue weighted by molar-refractivity contribution is 9.10. The number of carbonyl (C=O) groups excluding carboxylic acids is 1. The highest BCUT2D eigenvalue weighted by Gasteiger charge is 2.16. The summed E-state index contributed by atoms with van der Waals surface area (Å²) in [6.45, 7) is 0.524. The second-order valence-corrected chi connectivity index (χ2v) is 6.37. The molecule has 0 amide bonds. The lowest BCUT2D eigenvalue weighted by Crippen LogP contribution is -2.14. The molecule has 0 atom stereocenters. The second-order valence-electron chi connectivity index (χ2n) is 5.08. The molecule has 0 unspecified atom stereocenters. The zero-order valence-corrected chi connectivity index (χ0v) is 14.8. The Balaban J connectivity index is 0.000000143. The molecule has 0 radical (unpaired) electrons. The number of benzene rings is 2. The van der Waals surface area contributed by atoms with Gasteiger partial charge in [0.1, 0.15) is 15.8 Å². The predicted molar refractivity (Wildman–Crippen MR) is 96.1 cm³/mol. The maximum absolute atomic E-state index is 11.2. The number of hydrogen-bond acceptors (Lipinski definition) is 4. The number of hydrogen-bond donors (Lipinski definition) is 0. The third kappa shape index (κ3) is 3.68. The van der Waals surface area contributed by atoms with Gasteiger partial charge >= 0.3 is 5.63 Å². The summed E-state index contributed by atoms with van der Waals surface area (Å²) in [4.78, 5) is 22.3. The summed E-state index contributed by atoms with van der Waals surface area (Å²) in [6, 6.07) is 14.1. The molecule has 4 rings (SSSR count). The SMILES string of the molecule is O=C1CCOc2ccccc21.O=c1oc2ccc(Cl)cc2cc1Br. The maximum Gasteiger partial charge on any atom is 0.350 e. The molecule has 1 aliphatic rings. The van der Waals surface area contributed by atoms with E-state index < -0.39 is 0 Å². The van der Waals surface area contributed by atoms with Crippen LogP contribution in [0.2, 0.25) is 5.02 Å². The molecule has 0 saturated heterocycles. The lowest BCUT2D eigenvalue weighted by molar-refractivity contribution is 0.0933. The molecule has 3 aromatic rings. The minimum atomic E-state index is -0.380. The highest BCUT2D eigenvalue weighted by Crippen LogP contribution is 2.23. The average Bonchev–Trinajstić information content (AvgIpc) is 2.57. The molecular formula is C18H12BrClO4. The normalized spacial score (nSPS) is 12.8. The van der Waals surface area contributed by atoms with Crippen LogP contribution < -0.4 is 10.4 Å². The minimum absolute atomic E-state index is 0.187. The molecule has 0 spiro atoms. The van der Waals surface area contributed by atoms with Crippen LogP contribution >= 0.6 is 27.5 Å². The van der Waals surface area contributed by atoms with Gasteiger partial charge in [0, 0.05) is 16.8 Å². The van der Waals surface area contributed by atoms with Crippen LogP contribution in [0, 0.1) is 0 Å². The molecule has 0 N–H and O–H groups in total. The Bertz CT molecular complexity index is 965. The quantitative estimate of drug-likeness (QED) is 0.499. The van der Waals surface area contributed by atoms with Crippen molar-refractivity contribution in [1.82, 2.24) is 0 Å². The lowest BCUT2D eigenvalue weighted by Gasteiger charge is -2.14. The van der Waals surface area contributed by atoms with Gasteiger partial charge in [0.05, 0.1) is 12.2 Å². The Morgan fingerprint density at radius 3 is 2.62 bits per heavy atom. The summed E-state index contributed by atoms with van der Waals surface area (Å²) in [6.07, 6.45) is 0.511. The van der Waals surface area contributed by atoms with E-state index in [0.717, 1.165) is 16.7 Å². The predicted octanol–water partition coefficient (Wildman–Crippen LogP) is 4.86. The van der Waals surface area contributed by atoms with Crippen molar-refractivity contribution in [2.45, 2.75) is 6.42 Å². The van der Waals surface area contributed by atoms with Gasteiger partial charge in [-0.2, -0.15) is 0 Å². The topological polar surface area (TPSA) is 56.5 Å². The van der Waals surface area contributed by atoms with E-state index in [0.29, 0.717) is 28.1 Å². The van der Waals surface area contributed by atoms with Gasteiger partial charge in [-0.15, -0.1) is 0 Å². The molecule has 0 bridgehead atoms. The number of rotatable bonds is 0. The van der Waals surface area contributed by atoms with Crippen molar-refractivity contribution >= 4 is 44.3 Å². The fourth-order valence-corrected chi connectivity index (χ4v) is 2.79. The van der Waals surface area contributed by atoms with Crippen molar-refractivity contribution in [3.8, 4) is 5.75 Å². The maximum atomic E-state index is 11.2. The van der Waals surface area contributed by atoms with E-state index in [-0.39, 0.29) is 11.4 Å². The van der Waals surface area contributed by atoms with E-state index in [2.05, 4.69) is 15.9 Å². The van der Waals surface area contributed by atoms with E-state index in [9.17, 15) is 9.59 Å². The van der Waals surface area contributed by atoms with Crippen LogP contribution in [0.15, 0.2) is 62.2 Å². The third-order valence-electron chi connectivity index (χ3n) is 3.43. The van der Waals surface area contributed by atoms with Crippen LogP contribution in [-0.2, 0) is 0 Å². The molecular weight excluding hydrogens is 396 g/mol. The number of ketones is 1. The first kappa shape index (κ1) is 16.7. The van der Waals surface area contributed by atoms with Crippen molar-refractivity contribution in [3.05, 3.63) is 74.0 Å². The summed E-state index contributed by atoms with van der Waals surface area (Å²) in [5, 5.41) is 1.42. The van der Waals surface area contributed by atoms with Gasteiger partial charge in [0.15, 0.2) is 5.78 Å².